The molecule has 4 heterocycles. The molecular weight excluding hydrogens is 544 g/mol. The SMILES string of the molecule is CNc1cc(-c2ccnc(N3CCOCC3)c2)c(F)cc1N1CCN(C)CC1.O=Cc1c[nH]c(=O)cc1C(F)(F)F. The summed E-state index contributed by atoms with van der Waals surface area (Å²) in [7, 11) is 4.01. The fraction of sp³-hybridized carbons (Fsp3) is 0.393. The van der Waals surface area contributed by atoms with Gasteiger partial charge in [-0.2, -0.15) is 13.2 Å². The second kappa shape index (κ2) is 13.1. The molecule has 2 saturated heterocycles. The number of anilines is 3. The largest absolute Gasteiger partial charge is 0.417 e. The molecule has 2 aliphatic heterocycles. The smallest absolute Gasteiger partial charge is 0.386 e. The molecule has 3 aromatic rings. The Morgan fingerprint density at radius 1 is 1.02 bits per heavy atom. The molecule has 0 spiro atoms. The summed E-state index contributed by atoms with van der Waals surface area (Å²) in [5.41, 5.74) is 0.635. The number of halogens is 4. The Morgan fingerprint density at radius 3 is 2.37 bits per heavy atom. The summed E-state index contributed by atoms with van der Waals surface area (Å²) < 4.78 is 56.9. The van der Waals surface area contributed by atoms with Crippen molar-refractivity contribution in [2.45, 2.75) is 6.18 Å². The van der Waals surface area contributed by atoms with Crippen LogP contribution in [0.1, 0.15) is 15.9 Å². The normalized spacial score (nSPS) is 16.1. The number of likely N-dealkylation sites (N-methyl/N-ethyl adjacent to an activating group) is 1. The lowest BCUT2D eigenvalue weighted by molar-refractivity contribution is -0.138. The van der Waals surface area contributed by atoms with Crippen LogP contribution in [0.4, 0.5) is 34.8 Å². The van der Waals surface area contributed by atoms with E-state index in [1.807, 2.05) is 30.2 Å². The highest BCUT2D eigenvalue weighted by Crippen LogP contribution is 2.35. The third kappa shape index (κ3) is 7.41. The summed E-state index contributed by atoms with van der Waals surface area (Å²) in [6.07, 6.45) is -2.14. The molecule has 9 nitrogen and oxygen atoms in total. The van der Waals surface area contributed by atoms with Crippen LogP contribution in [0.15, 0.2) is 47.5 Å². The Labute approximate surface area is 234 Å². The number of carbonyl (C=O) groups is 1. The molecule has 13 heteroatoms. The molecule has 0 amide bonds. The number of aldehydes is 1. The van der Waals surface area contributed by atoms with E-state index in [0.717, 1.165) is 68.2 Å². The molecule has 0 unspecified atom stereocenters. The zero-order valence-corrected chi connectivity index (χ0v) is 22.8. The van der Waals surface area contributed by atoms with E-state index in [-0.39, 0.29) is 12.1 Å². The zero-order chi connectivity index (χ0) is 29.6. The Hall–Kier alpha value is -3.97. The van der Waals surface area contributed by atoms with Crippen molar-refractivity contribution >= 4 is 23.5 Å². The van der Waals surface area contributed by atoms with Gasteiger partial charge in [0.2, 0.25) is 5.56 Å². The number of carbonyl (C=O) groups excluding carboxylic acids is 1. The lowest BCUT2D eigenvalue weighted by Crippen LogP contribution is -2.44. The number of hydrogen-bond acceptors (Lipinski definition) is 8. The van der Waals surface area contributed by atoms with E-state index in [4.69, 9.17) is 4.74 Å². The maximum Gasteiger partial charge on any atom is 0.417 e. The van der Waals surface area contributed by atoms with E-state index in [2.05, 4.69) is 32.0 Å². The molecule has 1 aromatic carbocycles. The summed E-state index contributed by atoms with van der Waals surface area (Å²) in [4.78, 5) is 33.9. The van der Waals surface area contributed by atoms with Crippen molar-refractivity contribution < 1.29 is 27.1 Å². The number of piperazine rings is 1. The minimum Gasteiger partial charge on any atom is -0.386 e. The molecule has 0 radical (unpaired) electrons. The van der Waals surface area contributed by atoms with Crippen LogP contribution >= 0.6 is 0 Å². The van der Waals surface area contributed by atoms with Crippen molar-refractivity contribution in [3.05, 3.63) is 70.0 Å². The van der Waals surface area contributed by atoms with Gasteiger partial charge in [-0.1, -0.05) is 0 Å². The Bertz CT molecular complexity index is 1400. The van der Waals surface area contributed by atoms with Crippen LogP contribution in [0.3, 0.4) is 0 Å². The number of aromatic nitrogens is 2. The second-order valence-corrected chi connectivity index (χ2v) is 9.67. The topological polar surface area (TPSA) is 93.8 Å². The third-order valence-corrected chi connectivity index (χ3v) is 6.98. The molecule has 41 heavy (non-hydrogen) atoms. The lowest BCUT2D eigenvalue weighted by atomic mass is 10.0. The van der Waals surface area contributed by atoms with Crippen molar-refractivity contribution in [2.75, 3.05) is 81.7 Å². The fourth-order valence-electron chi connectivity index (χ4n) is 4.67. The van der Waals surface area contributed by atoms with Crippen molar-refractivity contribution in [2.24, 2.45) is 0 Å². The van der Waals surface area contributed by atoms with Gasteiger partial charge in [-0.25, -0.2) is 9.37 Å². The van der Waals surface area contributed by atoms with Crippen LogP contribution in [-0.4, -0.2) is 87.7 Å². The van der Waals surface area contributed by atoms with Crippen molar-refractivity contribution in [1.82, 2.24) is 14.9 Å². The molecule has 2 fully saturated rings. The number of benzene rings is 1. The van der Waals surface area contributed by atoms with E-state index in [1.165, 1.54) is 0 Å². The molecule has 0 atom stereocenters. The Balaban J connectivity index is 0.000000251. The monoisotopic (exact) mass is 576 g/mol. The molecule has 0 bridgehead atoms. The quantitative estimate of drug-likeness (QED) is 0.351. The van der Waals surface area contributed by atoms with E-state index < -0.39 is 22.9 Å². The summed E-state index contributed by atoms with van der Waals surface area (Å²) in [6, 6.07) is 7.78. The first-order chi connectivity index (χ1) is 19.6. The van der Waals surface area contributed by atoms with E-state index >= 15 is 4.39 Å². The van der Waals surface area contributed by atoms with Crippen LogP contribution in [0.5, 0.6) is 0 Å². The number of morpholine rings is 1. The number of rotatable bonds is 5. The van der Waals surface area contributed by atoms with Crippen LogP contribution in [0, 0.1) is 5.82 Å². The number of nitrogens with one attached hydrogen (secondary N) is 2. The second-order valence-electron chi connectivity index (χ2n) is 9.67. The first-order valence-electron chi connectivity index (χ1n) is 13.1. The molecule has 0 saturated carbocycles. The molecule has 5 rings (SSSR count). The predicted octanol–water partition coefficient (Wildman–Crippen LogP) is 3.72. The lowest BCUT2D eigenvalue weighted by Gasteiger charge is -2.35. The minimum absolute atomic E-state index is 0.0404. The van der Waals surface area contributed by atoms with E-state index in [9.17, 15) is 22.8 Å². The first kappa shape index (κ1) is 30.0. The van der Waals surface area contributed by atoms with Gasteiger partial charge in [0.1, 0.15) is 11.6 Å². The standard InChI is InChI=1S/C21H28FN5O.C7H4F3NO2/c1-23-19-14-17(18(22)15-20(19)26-7-5-25(2)6-8-26)16-3-4-24-21(13-16)27-9-11-28-12-10-27;8-7(9,10)5-1-6(13)11-2-4(5)3-12/h3-4,13-15,23H,5-12H2,1-2H3;1-3H,(H,11,13). The van der Waals surface area contributed by atoms with Gasteiger partial charge in [0.05, 0.1) is 30.2 Å². The number of aromatic amines is 1. The van der Waals surface area contributed by atoms with Gasteiger partial charge in [0.25, 0.3) is 0 Å². The highest BCUT2D eigenvalue weighted by molar-refractivity contribution is 5.79. The summed E-state index contributed by atoms with van der Waals surface area (Å²) in [5.74, 6) is 0.668. The molecule has 0 aliphatic carbocycles. The van der Waals surface area contributed by atoms with E-state index in [0.29, 0.717) is 24.8 Å². The van der Waals surface area contributed by atoms with E-state index in [1.54, 1.807) is 12.3 Å². The van der Waals surface area contributed by atoms with Crippen molar-refractivity contribution in [3.8, 4) is 11.1 Å². The van der Waals surface area contributed by atoms with Gasteiger partial charge in [-0.05, 0) is 36.9 Å². The third-order valence-electron chi connectivity index (χ3n) is 6.98. The maximum absolute atomic E-state index is 15.1. The zero-order valence-electron chi connectivity index (χ0n) is 22.8. The van der Waals surface area contributed by atoms with Gasteiger partial charge in [0, 0.05) is 75.9 Å². The van der Waals surface area contributed by atoms with Crippen LogP contribution in [-0.2, 0) is 10.9 Å². The number of ether oxygens (including phenoxy) is 1. The van der Waals surface area contributed by atoms with Gasteiger partial charge in [-0.3, -0.25) is 9.59 Å². The van der Waals surface area contributed by atoms with Gasteiger partial charge in [0.15, 0.2) is 6.29 Å². The maximum atomic E-state index is 15.1. The van der Waals surface area contributed by atoms with Gasteiger partial charge < -0.3 is 29.7 Å². The number of alkyl halides is 3. The molecule has 2 aliphatic rings. The Kier molecular flexibility index (Phi) is 9.61. The van der Waals surface area contributed by atoms with Crippen molar-refractivity contribution in [1.29, 1.82) is 0 Å². The number of hydrogen-bond donors (Lipinski definition) is 2. The Morgan fingerprint density at radius 2 is 1.73 bits per heavy atom. The fourth-order valence-corrected chi connectivity index (χ4v) is 4.67. The first-order valence-corrected chi connectivity index (χ1v) is 13.1. The number of pyridine rings is 2. The molecule has 220 valence electrons. The summed E-state index contributed by atoms with van der Waals surface area (Å²) in [6.45, 7) is 6.79. The van der Waals surface area contributed by atoms with Crippen LogP contribution in [0.2, 0.25) is 0 Å². The predicted molar refractivity (Wildman–Crippen MR) is 149 cm³/mol. The van der Waals surface area contributed by atoms with Gasteiger partial charge in [-0.15, -0.1) is 0 Å². The highest BCUT2D eigenvalue weighted by Gasteiger charge is 2.33. The minimum atomic E-state index is -4.68. The summed E-state index contributed by atoms with van der Waals surface area (Å²) in [5, 5.41) is 3.25. The van der Waals surface area contributed by atoms with Crippen LogP contribution < -0.4 is 20.7 Å². The number of nitrogens with zero attached hydrogens (tertiary/aromatic N) is 4. The molecule has 2 N–H and O–H groups in total. The molecule has 2 aromatic heterocycles. The average molecular weight is 577 g/mol. The van der Waals surface area contributed by atoms with Gasteiger partial charge >= 0.3 is 6.18 Å². The molecular formula is C28H32F4N6O3. The summed E-state index contributed by atoms with van der Waals surface area (Å²) >= 11 is 0. The highest BCUT2D eigenvalue weighted by atomic mass is 19.4. The average Bonchev–Trinajstić information content (AvgIpc) is 2.98. The number of H-pyrrole nitrogens is 1. The van der Waals surface area contributed by atoms with Crippen LogP contribution in [0.25, 0.3) is 11.1 Å². The van der Waals surface area contributed by atoms with Crippen molar-refractivity contribution in [3.63, 3.8) is 0 Å².